The summed E-state index contributed by atoms with van der Waals surface area (Å²) < 4.78 is 45.1. The zero-order valence-electron chi connectivity index (χ0n) is 15.7. The molecule has 0 unspecified atom stereocenters. The summed E-state index contributed by atoms with van der Waals surface area (Å²) in [6.07, 6.45) is 1.36. The van der Waals surface area contributed by atoms with Crippen LogP contribution >= 0.6 is 0 Å². The summed E-state index contributed by atoms with van der Waals surface area (Å²) in [6.45, 7) is 4.55. The molecule has 1 aromatic carbocycles. The molecule has 3 rings (SSSR count). The molecule has 1 saturated heterocycles. The van der Waals surface area contributed by atoms with E-state index in [0.29, 0.717) is 49.9 Å². The molecule has 0 bridgehead atoms. The predicted octanol–water partition coefficient (Wildman–Crippen LogP) is 1.43. The minimum Gasteiger partial charge on any atom is -0.364 e. The van der Waals surface area contributed by atoms with Gasteiger partial charge in [-0.2, -0.15) is 4.31 Å². The molecule has 28 heavy (non-hydrogen) atoms. The molecular formula is C18H24FN5O3S. The number of hydrogen-bond donors (Lipinski definition) is 1. The molecule has 0 saturated carbocycles. The van der Waals surface area contributed by atoms with Gasteiger partial charge in [-0.15, -0.1) is 0 Å². The summed E-state index contributed by atoms with van der Waals surface area (Å²) in [7, 11) is -3.45. The average Bonchev–Trinajstić information content (AvgIpc) is 3.19. The number of aliphatic imine (C=N–C) groups is 1. The Morgan fingerprint density at radius 2 is 2.00 bits per heavy atom. The fourth-order valence-corrected chi connectivity index (χ4v) is 4.41. The molecule has 1 aliphatic heterocycles. The van der Waals surface area contributed by atoms with Crippen LogP contribution in [0.3, 0.4) is 0 Å². The first kappa shape index (κ1) is 20.3. The van der Waals surface area contributed by atoms with Gasteiger partial charge in [0.2, 0.25) is 10.0 Å². The van der Waals surface area contributed by atoms with E-state index in [-0.39, 0.29) is 18.1 Å². The van der Waals surface area contributed by atoms with Crippen LogP contribution in [0, 0.1) is 5.82 Å². The molecule has 0 aliphatic carbocycles. The molecule has 1 aromatic heterocycles. The maximum Gasteiger partial charge on any atom is 0.220 e. The molecule has 2 heterocycles. The fraction of sp³-hybridized carbons (Fsp3) is 0.444. The number of halogens is 1. The van der Waals surface area contributed by atoms with Gasteiger partial charge in [0.1, 0.15) is 17.8 Å². The summed E-state index contributed by atoms with van der Waals surface area (Å²) in [5, 5.41) is 6.87. The van der Waals surface area contributed by atoms with Gasteiger partial charge in [-0.3, -0.25) is 0 Å². The van der Waals surface area contributed by atoms with Gasteiger partial charge >= 0.3 is 0 Å². The van der Waals surface area contributed by atoms with Gasteiger partial charge in [0.25, 0.3) is 0 Å². The number of hydrogen-bond acceptors (Lipinski definition) is 5. The highest BCUT2D eigenvalue weighted by atomic mass is 32.2. The molecule has 1 N–H and O–H groups in total. The zero-order chi connectivity index (χ0) is 20.0. The van der Waals surface area contributed by atoms with Gasteiger partial charge in [0, 0.05) is 44.4 Å². The highest BCUT2D eigenvalue weighted by Gasteiger charge is 2.29. The van der Waals surface area contributed by atoms with Crippen molar-refractivity contribution in [2.24, 2.45) is 4.99 Å². The lowest BCUT2D eigenvalue weighted by molar-refractivity contribution is 0.259. The molecule has 1 fully saturated rings. The SMILES string of the molecule is CCNC(=NCc1ccccc1F)N1CCN(S(=O)(=O)Cc2ccon2)CC1. The van der Waals surface area contributed by atoms with Crippen LogP contribution in [0.25, 0.3) is 0 Å². The van der Waals surface area contributed by atoms with Crippen molar-refractivity contribution in [3.05, 3.63) is 53.7 Å². The van der Waals surface area contributed by atoms with Gasteiger partial charge < -0.3 is 14.7 Å². The molecule has 8 nitrogen and oxygen atoms in total. The molecule has 2 aromatic rings. The van der Waals surface area contributed by atoms with Crippen LogP contribution in [0.15, 0.2) is 46.1 Å². The van der Waals surface area contributed by atoms with Gasteiger partial charge in [-0.05, 0) is 13.0 Å². The highest BCUT2D eigenvalue weighted by molar-refractivity contribution is 7.88. The van der Waals surface area contributed by atoms with Crippen LogP contribution in [-0.4, -0.2) is 61.5 Å². The molecule has 152 valence electrons. The number of aromatic nitrogens is 1. The van der Waals surface area contributed by atoms with Gasteiger partial charge in [0.05, 0.1) is 12.2 Å². The number of nitrogens with zero attached hydrogens (tertiary/aromatic N) is 4. The van der Waals surface area contributed by atoms with E-state index in [1.54, 1.807) is 24.3 Å². The second-order valence-corrected chi connectivity index (χ2v) is 8.36. The Hall–Kier alpha value is -2.46. The quantitative estimate of drug-likeness (QED) is 0.573. The van der Waals surface area contributed by atoms with Crippen LogP contribution in [-0.2, 0) is 22.3 Å². The lowest BCUT2D eigenvalue weighted by Gasteiger charge is -2.35. The Labute approximate surface area is 164 Å². The van der Waals surface area contributed by atoms with Crippen LogP contribution in [0.1, 0.15) is 18.2 Å². The van der Waals surface area contributed by atoms with Crippen molar-refractivity contribution in [1.82, 2.24) is 19.7 Å². The second kappa shape index (κ2) is 9.16. The van der Waals surface area contributed by atoms with Gasteiger partial charge in [0.15, 0.2) is 5.96 Å². The average molecular weight is 409 g/mol. The standard InChI is InChI=1S/C18H24FN5O3S/c1-2-20-18(21-13-15-5-3-4-6-17(15)19)23-8-10-24(11-9-23)28(25,26)14-16-7-12-27-22-16/h3-7,12H,2,8-11,13-14H2,1H3,(H,20,21). The molecule has 1 aliphatic rings. The minimum atomic E-state index is -3.45. The summed E-state index contributed by atoms with van der Waals surface area (Å²) in [5.41, 5.74) is 0.911. The van der Waals surface area contributed by atoms with Crippen molar-refractivity contribution in [2.75, 3.05) is 32.7 Å². The van der Waals surface area contributed by atoms with E-state index in [1.807, 2.05) is 11.8 Å². The first-order valence-electron chi connectivity index (χ1n) is 9.13. The zero-order valence-corrected chi connectivity index (χ0v) is 16.5. The summed E-state index contributed by atoms with van der Waals surface area (Å²) >= 11 is 0. The number of piperazine rings is 1. The number of nitrogens with one attached hydrogen (secondary N) is 1. The monoisotopic (exact) mass is 409 g/mol. The van der Waals surface area contributed by atoms with E-state index >= 15 is 0 Å². The van der Waals surface area contributed by atoms with Crippen LogP contribution in [0.2, 0.25) is 0 Å². The fourth-order valence-electron chi connectivity index (χ4n) is 2.98. The Balaban J connectivity index is 1.62. The van der Waals surface area contributed by atoms with Crippen molar-refractivity contribution in [3.63, 3.8) is 0 Å². The number of benzene rings is 1. The minimum absolute atomic E-state index is 0.176. The van der Waals surface area contributed by atoms with E-state index in [0.717, 1.165) is 0 Å². The lowest BCUT2D eigenvalue weighted by Crippen LogP contribution is -2.53. The van der Waals surface area contributed by atoms with E-state index in [4.69, 9.17) is 4.52 Å². The number of rotatable bonds is 6. The molecule has 0 spiro atoms. The van der Waals surface area contributed by atoms with Gasteiger partial charge in [-0.1, -0.05) is 23.4 Å². The molecule has 0 atom stereocenters. The topological polar surface area (TPSA) is 91.0 Å². The Kier molecular flexibility index (Phi) is 6.63. The second-order valence-electron chi connectivity index (χ2n) is 6.39. The molecule has 0 amide bonds. The first-order valence-corrected chi connectivity index (χ1v) is 10.7. The third-order valence-corrected chi connectivity index (χ3v) is 6.26. The highest BCUT2D eigenvalue weighted by Crippen LogP contribution is 2.13. The lowest BCUT2D eigenvalue weighted by atomic mass is 10.2. The molecule has 0 radical (unpaired) electrons. The van der Waals surface area contributed by atoms with Crippen LogP contribution in [0.5, 0.6) is 0 Å². The third-order valence-electron chi connectivity index (χ3n) is 4.44. The van der Waals surface area contributed by atoms with Crippen LogP contribution in [0.4, 0.5) is 4.39 Å². The van der Waals surface area contributed by atoms with Crippen LogP contribution < -0.4 is 5.32 Å². The van der Waals surface area contributed by atoms with Crippen molar-refractivity contribution < 1.29 is 17.3 Å². The molecule has 10 heteroatoms. The van der Waals surface area contributed by atoms with Crippen molar-refractivity contribution in [3.8, 4) is 0 Å². The van der Waals surface area contributed by atoms with Crippen molar-refractivity contribution >= 4 is 16.0 Å². The normalized spacial score (nSPS) is 16.4. The van der Waals surface area contributed by atoms with E-state index in [9.17, 15) is 12.8 Å². The predicted molar refractivity (Wildman–Crippen MR) is 103 cm³/mol. The van der Waals surface area contributed by atoms with E-state index < -0.39 is 10.0 Å². The smallest absolute Gasteiger partial charge is 0.220 e. The summed E-state index contributed by atoms with van der Waals surface area (Å²) in [6, 6.07) is 8.09. The van der Waals surface area contributed by atoms with Crippen molar-refractivity contribution in [1.29, 1.82) is 0 Å². The maximum absolute atomic E-state index is 13.8. The Morgan fingerprint density at radius 3 is 2.64 bits per heavy atom. The Bertz CT molecular complexity index is 894. The van der Waals surface area contributed by atoms with E-state index in [2.05, 4.69) is 15.5 Å². The van der Waals surface area contributed by atoms with Gasteiger partial charge in [-0.25, -0.2) is 17.8 Å². The van der Waals surface area contributed by atoms with Crippen molar-refractivity contribution in [2.45, 2.75) is 19.2 Å². The maximum atomic E-state index is 13.8. The first-order chi connectivity index (χ1) is 13.5. The number of guanidine groups is 1. The largest absolute Gasteiger partial charge is 0.364 e. The summed E-state index contributed by atoms with van der Waals surface area (Å²) in [4.78, 5) is 6.51. The Morgan fingerprint density at radius 1 is 1.25 bits per heavy atom. The number of sulfonamides is 1. The molecular weight excluding hydrogens is 385 g/mol. The summed E-state index contributed by atoms with van der Waals surface area (Å²) in [5.74, 6) is 0.190. The third kappa shape index (κ3) is 5.08. The van der Waals surface area contributed by atoms with E-state index in [1.165, 1.54) is 16.6 Å².